The number of ether oxygens (including phenoxy) is 2. The molecule has 0 heterocycles. The highest BCUT2D eigenvalue weighted by atomic mass is 35.5. The zero-order chi connectivity index (χ0) is 10.4. The van der Waals surface area contributed by atoms with Gasteiger partial charge in [-0.05, 0) is 19.1 Å². The van der Waals surface area contributed by atoms with Gasteiger partial charge in [0.25, 0.3) is 0 Å². The fourth-order valence-electron chi connectivity index (χ4n) is 1.02. The van der Waals surface area contributed by atoms with Crippen LogP contribution in [0.3, 0.4) is 0 Å². The van der Waals surface area contributed by atoms with Crippen LogP contribution in [0.2, 0.25) is 5.02 Å². The highest BCUT2D eigenvalue weighted by Gasteiger charge is 2.06. The van der Waals surface area contributed by atoms with Gasteiger partial charge in [-0.25, -0.2) is 0 Å². The summed E-state index contributed by atoms with van der Waals surface area (Å²) in [7, 11) is 0. The van der Waals surface area contributed by atoms with Crippen LogP contribution < -0.4 is 4.74 Å². The molecule has 1 aromatic rings. The van der Waals surface area contributed by atoms with Crippen molar-refractivity contribution in [3.63, 3.8) is 0 Å². The molecule has 1 aromatic carbocycles. The van der Waals surface area contributed by atoms with Crippen LogP contribution in [0.4, 0.5) is 0 Å². The smallest absolute Gasteiger partial charge is 0.189 e. The minimum Gasteiger partial charge on any atom is -0.467 e. The fraction of sp³-hybridized carbons (Fsp3) is 0.400. The summed E-state index contributed by atoms with van der Waals surface area (Å²) in [6, 6.07) is 5.22. The monoisotopic (exact) mass is 216 g/mol. The molecule has 0 bridgehead atoms. The average molecular weight is 217 g/mol. The largest absolute Gasteiger partial charge is 0.467 e. The molecule has 0 saturated heterocycles. The molecule has 0 aliphatic rings. The first-order valence-corrected chi connectivity index (χ1v) is 4.76. The Morgan fingerprint density at radius 1 is 1.43 bits per heavy atom. The molecule has 0 aliphatic carbocycles. The Labute approximate surface area is 88.2 Å². The summed E-state index contributed by atoms with van der Waals surface area (Å²) in [4.78, 5) is 0. The Morgan fingerprint density at radius 3 is 2.86 bits per heavy atom. The molecule has 0 radical (unpaired) electrons. The van der Waals surface area contributed by atoms with E-state index in [2.05, 4.69) is 0 Å². The molecule has 1 N–H and O–H groups in total. The SMILES string of the molecule is CCOCOc1cccc(Cl)c1CO. The third-order valence-corrected chi connectivity index (χ3v) is 2.09. The van der Waals surface area contributed by atoms with Crippen LogP contribution in [-0.4, -0.2) is 18.5 Å². The normalized spacial score (nSPS) is 10.2. The molecule has 0 aliphatic heterocycles. The van der Waals surface area contributed by atoms with Crippen molar-refractivity contribution in [2.75, 3.05) is 13.4 Å². The highest BCUT2D eigenvalue weighted by molar-refractivity contribution is 6.31. The molecular formula is C10H13ClO3. The Bertz CT molecular complexity index is 289. The lowest BCUT2D eigenvalue weighted by atomic mass is 10.2. The maximum Gasteiger partial charge on any atom is 0.189 e. The first-order chi connectivity index (χ1) is 6.79. The van der Waals surface area contributed by atoms with Crippen LogP contribution in [-0.2, 0) is 11.3 Å². The van der Waals surface area contributed by atoms with Crippen molar-refractivity contribution >= 4 is 11.6 Å². The van der Waals surface area contributed by atoms with Crippen molar-refractivity contribution in [3.05, 3.63) is 28.8 Å². The molecule has 0 unspecified atom stereocenters. The third kappa shape index (κ3) is 2.87. The molecule has 0 saturated carbocycles. The summed E-state index contributed by atoms with van der Waals surface area (Å²) in [5.74, 6) is 0.563. The van der Waals surface area contributed by atoms with Crippen molar-refractivity contribution in [1.82, 2.24) is 0 Å². The van der Waals surface area contributed by atoms with Crippen molar-refractivity contribution in [3.8, 4) is 5.75 Å². The van der Waals surface area contributed by atoms with Crippen molar-refractivity contribution in [2.24, 2.45) is 0 Å². The van der Waals surface area contributed by atoms with Gasteiger partial charge in [0.15, 0.2) is 6.79 Å². The average Bonchev–Trinajstić information content (AvgIpc) is 2.18. The second-order valence-electron chi connectivity index (χ2n) is 2.63. The van der Waals surface area contributed by atoms with E-state index in [4.69, 9.17) is 26.2 Å². The molecule has 3 nitrogen and oxygen atoms in total. The zero-order valence-electron chi connectivity index (χ0n) is 8.00. The number of aliphatic hydroxyl groups excluding tert-OH is 1. The van der Waals surface area contributed by atoms with E-state index in [9.17, 15) is 0 Å². The van der Waals surface area contributed by atoms with E-state index in [0.717, 1.165) is 0 Å². The van der Waals surface area contributed by atoms with Gasteiger partial charge in [-0.1, -0.05) is 17.7 Å². The van der Waals surface area contributed by atoms with Crippen LogP contribution in [0.1, 0.15) is 12.5 Å². The van der Waals surface area contributed by atoms with Crippen LogP contribution in [0.25, 0.3) is 0 Å². The van der Waals surface area contributed by atoms with Crippen molar-refractivity contribution in [1.29, 1.82) is 0 Å². The lowest BCUT2D eigenvalue weighted by molar-refractivity contribution is 0.0212. The van der Waals surface area contributed by atoms with Gasteiger partial charge in [0.2, 0.25) is 0 Å². The number of hydrogen-bond donors (Lipinski definition) is 1. The standard InChI is InChI=1S/C10H13ClO3/c1-2-13-7-14-10-5-3-4-9(11)8(10)6-12/h3-5,12H,2,6-7H2,1H3. The van der Waals surface area contributed by atoms with Crippen LogP contribution >= 0.6 is 11.6 Å². The first kappa shape index (κ1) is 11.3. The van der Waals surface area contributed by atoms with Gasteiger partial charge >= 0.3 is 0 Å². The lowest BCUT2D eigenvalue weighted by Gasteiger charge is -2.10. The Hall–Kier alpha value is -0.770. The van der Waals surface area contributed by atoms with E-state index in [-0.39, 0.29) is 13.4 Å². The predicted molar refractivity (Wildman–Crippen MR) is 54.5 cm³/mol. The van der Waals surface area contributed by atoms with Gasteiger partial charge in [0, 0.05) is 17.2 Å². The molecule has 0 amide bonds. The number of benzene rings is 1. The fourth-order valence-corrected chi connectivity index (χ4v) is 1.24. The summed E-state index contributed by atoms with van der Waals surface area (Å²) in [6.07, 6.45) is 0. The molecule has 14 heavy (non-hydrogen) atoms. The van der Waals surface area contributed by atoms with Gasteiger partial charge < -0.3 is 14.6 Å². The lowest BCUT2D eigenvalue weighted by Crippen LogP contribution is -2.04. The maximum atomic E-state index is 9.05. The number of halogens is 1. The summed E-state index contributed by atoms with van der Waals surface area (Å²) in [5, 5.41) is 9.55. The second kappa shape index (κ2) is 5.86. The molecule has 4 heteroatoms. The summed E-state index contributed by atoms with van der Waals surface area (Å²) < 4.78 is 10.3. The van der Waals surface area contributed by atoms with Crippen molar-refractivity contribution in [2.45, 2.75) is 13.5 Å². The Balaban J connectivity index is 2.70. The predicted octanol–water partition coefficient (Wildman–Crippen LogP) is 2.21. The number of aliphatic hydroxyl groups is 1. The van der Waals surface area contributed by atoms with Crippen LogP contribution in [0, 0.1) is 0 Å². The number of rotatable bonds is 5. The molecule has 1 rings (SSSR count). The summed E-state index contributed by atoms with van der Waals surface area (Å²) in [5.41, 5.74) is 0.592. The van der Waals surface area contributed by atoms with Crippen LogP contribution in [0.15, 0.2) is 18.2 Å². The van der Waals surface area contributed by atoms with Gasteiger partial charge in [-0.15, -0.1) is 0 Å². The van der Waals surface area contributed by atoms with E-state index >= 15 is 0 Å². The van der Waals surface area contributed by atoms with Crippen LogP contribution in [0.5, 0.6) is 5.75 Å². The first-order valence-electron chi connectivity index (χ1n) is 4.38. The molecule has 78 valence electrons. The van der Waals surface area contributed by atoms with E-state index in [0.29, 0.717) is 22.9 Å². The summed E-state index contributed by atoms with van der Waals surface area (Å²) in [6.45, 7) is 2.51. The van der Waals surface area contributed by atoms with Gasteiger partial charge in [0.05, 0.1) is 6.61 Å². The second-order valence-corrected chi connectivity index (χ2v) is 3.04. The molecule has 0 fully saturated rings. The molecule has 0 aromatic heterocycles. The van der Waals surface area contributed by atoms with Gasteiger partial charge in [-0.2, -0.15) is 0 Å². The minimum atomic E-state index is -0.138. The minimum absolute atomic E-state index is 0.138. The van der Waals surface area contributed by atoms with E-state index in [1.807, 2.05) is 6.92 Å². The quantitative estimate of drug-likeness (QED) is 0.606. The Morgan fingerprint density at radius 2 is 2.21 bits per heavy atom. The van der Waals surface area contributed by atoms with Gasteiger partial charge in [0.1, 0.15) is 5.75 Å². The van der Waals surface area contributed by atoms with Gasteiger partial charge in [-0.3, -0.25) is 0 Å². The topological polar surface area (TPSA) is 38.7 Å². The Kier molecular flexibility index (Phi) is 4.73. The van der Waals surface area contributed by atoms with E-state index in [1.165, 1.54) is 0 Å². The van der Waals surface area contributed by atoms with Crippen molar-refractivity contribution < 1.29 is 14.6 Å². The number of hydrogen-bond acceptors (Lipinski definition) is 3. The molecule has 0 spiro atoms. The van der Waals surface area contributed by atoms with E-state index in [1.54, 1.807) is 18.2 Å². The molecular weight excluding hydrogens is 204 g/mol. The summed E-state index contributed by atoms with van der Waals surface area (Å²) >= 11 is 5.86. The van der Waals surface area contributed by atoms with E-state index < -0.39 is 0 Å². The molecule has 0 atom stereocenters. The highest BCUT2D eigenvalue weighted by Crippen LogP contribution is 2.26. The third-order valence-electron chi connectivity index (χ3n) is 1.74. The zero-order valence-corrected chi connectivity index (χ0v) is 8.75. The maximum absolute atomic E-state index is 9.05.